The molecule has 0 bridgehead atoms. The maximum absolute atomic E-state index is 12.5. The third kappa shape index (κ3) is 2.67. The van der Waals surface area contributed by atoms with E-state index in [2.05, 4.69) is 37.0 Å². The van der Waals surface area contributed by atoms with Gasteiger partial charge in [0.15, 0.2) is 0 Å². The fourth-order valence-electron chi connectivity index (χ4n) is 1.96. The van der Waals surface area contributed by atoms with Crippen LogP contribution in [0.3, 0.4) is 0 Å². The second kappa shape index (κ2) is 5.44. The molecule has 1 aromatic carbocycles. The largest absolute Gasteiger partial charge is 0.252 e. The first-order chi connectivity index (χ1) is 8.59. The van der Waals surface area contributed by atoms with Gasteiger partial charge in [-0.25, -0.2) is 4.98 Å². The molecule has 0 aliphatic carbocycles. The van der Waals surface area contributed by atoms with Crippen molar-refractivity contribution in [3.63, 3.8) is 0 Å². The molecule has 0 N–H and O–H groups in total. The highest BCUT2D eigenvalue weighted by molar-refractivity contribution is 7.85. The summed E-state index contributed by atoms with van der Waals surface area (Å²) in [5.41, 5.74) is 3.51. The minimum atomic E-state index is -1.11. The van der Waals surface area contributed by atoms with Gasteiger partial charge in [0, 0.05) is 6.20 Å². The molecule has 0 aliphatic rings. The van der Waals surface area contributed by atoms with E-state index in [0.29, 0.717) is 5.03 Å². The molecule has 2 aromatic rings. The Morgan fingerprint density at radius 2 is 1.94 bits per heavy atom. The molecule has 2 atom stereocenters. The van der Waals surface area contributed by atoms with Gasteiger partial charge in [0.05, 0.1) is 16.0 Å². The number of nitrogens with zero attached hydrogens (tertiary/aromatic N) is 1. The summed E-state index contributed by atoms with van der Waals surface area (Å²) in [5.74, 6) is 0. The molecule has 0 saturated heterocycles. The highest BCUT2D eigenvalue weighted by atomic mass is 32.2. The van der Waals surface area contributed by atoms with E-state index in [-0.39, 0.29) is 5.25 Å². The van der Waals surface area contributed by atoms with Crippen molar-refractivity contribution < 1.29 is 4.21 Å². The lowest BCUT2D eigenvalue weighted by Gasteiger charge is -2.14. The highest BCUT2D eigenvalue weighted by Gasteiger charge is 2.18. The van der Waals surface area contributed by atoms with Gasteiger partial charge in [-0.2, -0.15) is 0 Å². The number of hydrogen-bond donors (Lipinski definition) is 0. The van der Waals surface area contributed by atoms with Crippen LogP contribution < -0.4 is 0 Å². The van der Waals surface area contributed by atoms with Crippen LogP contribution in [0, 0.1) is 13.8 Å². The predicted molar refractivity (Wildman–Crippen MR) is 75.0 cm³/mol. The first-order valence-electron chi connectivity index (χ1n) is 5.98. The monoisotopic (exact) mass is 259 g/mol. The summed E-state index contributed by atoms with van der Waals surface area (Å²) in [6, 6.07) is 11.8. The van der Waals surface area contributed by atoms with Crippen molar-refractivity contribution in [2.45, 2.75) is 31.0 Å². The molecule has 94 valence electrons. The van der Waals surface area contributed by atoms with E-state index in [1.807, 2.05) is 25.1 Å². The molecule has 1 aromatic heterocycles. The van der Waals surface area contributed by atoms with Crippen LogP contribution in [-0.2, 0) is 10.8 Å². The fraction of sp³-hybridized carbons (Fsp3) is 0.267. The van der Waals surface area contributed by atoms with Gasteiger partial charge < -0.3 is 0 Å². The third-order valence-corrected chi connectivity index (χ3v) is 4.59. The van der Waals surface area contributed by atoms with Crippen LogP contribution in [0.4, 0.5) is 0 Å². The second-order valence-electron chi connectivity index (χ2n) is 4.47. The minimum absolute atomic E-state index is 0.0419. The van der Waals surface area contributed by atoms with Crippen LogP contribution in [0.5, 0.6) is 0 Å². The molecule has 1 heterocycles. The maximum Gasteiger partial charge on any atom is 0.127 e. The molecule has 0 spiro atoms. The highest BCUT2D eigenvalue weighted by Crippen LogP contribution is 2.26. The average Bonchev–Trinajstić information content (AvgIpc) is 2.41. The lowest BCUT2D eigenvalue weighted by atomic mass is 10.0. The summed E-state index contributed by atoms with van der Waals surface area (Å²) in [6.45, 7) is 6.10. The summed E-state index contributed by atoms with van der Waals surface area (Å²) < 4.78 is 12.5. The second-order valence-corrected chi connectivity index (χ2v) is 6.19. The van der Waals surface area contributed by atoms with Gasteiger partial charge in [-0.15, -0.1) is 0 Å². The average molecular weight is 259 g/mol. The number of rotatable bonds is 3. The van der Waals surface area contributed by atoms with E-state index in [4.69, 9.17) is 0 Å². The van der Waals surface area contributed by atoms with Gasteiger partial charge >= 0.3 is 0 Å². The number of aromatic nitrogens is 1. The summed E-state index contributed by atoms with van der Waals surface area (Å²) in [7, 11) is -1.11. The zero-order valence-corrected chi connectivity index (χ0v) is 11.7. The van der Waals surface area contributed by atoms with Crippen molar-refractivity contribution in [1.29, 1.82) is 0 Å². The Morgan fingerprint density at radius 3 is 2.61 bits per heavy atom. The van der Waals surface area contributed by atoms with Crippen LogP contribution in [-0.4, -0.2) is 9.19 Å². The molecule has 2 unspecified atom stereocenters. The number of aryl methyl sites for hydroxylation is 2. The Bertz CT molecular complexity index is 566. The van der Waals surface area contributed by atoms with Crippen molar-refractivity contribution in [3.05, 3.63) is 59.3 Å². The molecule has 0 fully saturated rings. The smallest absolute Gasteiger partial charge is 0.127 e. The molecular formula is C15H17NOS. The molecule has 3 heteroatoms. The summed E-state index contributed by atoms with van der Waals surface area (Å²) in [6.07, 6.45) is 1.68. The molecule has 2 rings (SSSR count). The fourth-order valence-corrected chi connectivity index (χ4v) is 3.18. The van der Waals surface area contributed by atoms with Crippen LogP contribution in [0.25, 0.3) is 0 Å². The lowest BCUT2D eigenvalue weighted by molar-refractivity contribution is 0.672. The zero-order chi connectivity index (χ0) is 13.1. The van der Waals surface area contributed by atoms with E-state index in [1.165, 1.54) is 11.1 Å². The van der Waals surface area contributed by atoms with E-state index < -0.39 is 10.8 Å². The Balaban J connectivity index is 2.34. The molecule has 2 nitrogen and oxygen atoms in total. The normalized spacial score (nSPS) is 14.2. The lowest BCUT2D eigenvalue weighted by Crippen LogP contribution is -2.06. The van der Waals surface area contributed by atoms with Crippen LogP contribution in [0.15, 0.2) is 47.6 Å². The van der Waals surface area contributed by atoms with Gasteiger partial charge in [-0.1, -0.05) is 29.8 Å². The van der Waals surface area contributed by atoms with Crippen molar-refractivity contribution >= 4 is 10.8 Å². The van der Waals surface area contributed by atoms with Gasteiger partial charge in [0.2, 0.25) is 0 Å². The van der Waals surface area contributed by atoms with Crippen molar-refractivity contribution in [2.75, 3.05) is 0 Å². The van der Waals surface area contributed by atoms with Gasteiger partial charge in [-0.3, -0.25) is 4.21 Å². The number of benzene rings is 1. The van der Waals surface area contributed by atoms with E-state index >= 15 is 0 Å². The molecule has 0 saturated carbocycles. The molecule has 0 aliphatic heterocycles. The summed E-state index contributed by atoms with van der Waals surface area (Å²) in [5, 5.41) is 0.603. The molecule has 0 amide bonds. The van der Waals surface area contributed by atoms with Crippen molar-refractivity contribution in [3.8, 4) is 0 Å². The summed E-state index contributed by atoms with van der Waals surface area (Å²) in [4.78, 5) is 4.18. The van der Waals surface area contributed by atoms with Gasteiger partial charge in [-0.05, 0) is 44.0 Å². The van der Waals surface area contributed by atoms with Crippen LogP contribution in [0.2, 0.25) is 0 Å². The topological polar surface area (TPSA) is 30.0 Å². The first-order valence-corrected chi connectivity index (χ1v) is 7.19. The third-order valence-electron chi connectivity index (χ3n) is 3.04. The van der Waals surface area contributed by atoms with E-state index in [1.54, 1.807) is 6.20 Å². The zero-order valence-electron chi connectivity index (χ0n) is 10.9. The van der Waals surface area contributed by atoms with Crippen LogP contribution >= 0.6 is 0 Å². The quantitative estimate of drug-likeness (QED) is 0.843. The van der Waals surface area contributed by atoms with Gasteiger partial charge in [0.25, 0.3) is 0 Å². The maximum atomic E-state index is 12.5. The SMILES string of the molecule is Cc1ccc(C)c(C(C)S(=O)c2ccccn2)c1. The Labute approximate surface area is 111 Å². The van der Waals surface area contributed by atoms with Crippen molar-refractivity contribution in [2.24, 2.45) is 0 Å². The van der Waals surface area contributed by atoms with E-state index in [0.717, 1.165) is 5.56 Å². The molecular weight excluding hydrogens is 242 g/mol. The Hall–Kier alpha value is -1.48. The van der Waals surface area contributed by atoms with Crippen molar-refractivity contribution in [1.82, 2.24) is 4.98 Å². The molecule has 0 radical (unpaired) electrons. The Kier molecular flexibility index (Phi) is 3.92. The number of hydrogen-bond acceptors (Lipinski definition) is 2. The minimum Gasteiger partial charge on any atom is -0.252 e. The van der Waals surface area contributed by atoms with E-state index in [9.17, 15) is 4.21 Å². The molecule has 18 heavy (non-hydrogen) atoms. The Morgan fingerprint density at radius 1 is 1.17 bits per heavy atom. The standard InChI is InChI=1S/C15H17NOS/c1-11-7-8-12(2)14(10-11)13(3)18(17)15-6-4-5-9-16-15/h4-10,13H,1-3H3. The predicted octanol–water partition coefficient (Wildman–Crippen LogP) is 3.57. The summed E-state index contributed by atoms with van der Waals surface area (Å²) >= 11 is 0. The van der Waals surface area contributed by atoms with Crippen LogP contribution in [0.1, 0.15) is 28.9 Å². The van der Waals surface area contributed by atoms with Gasteiger partial charge in [0.1, 0.15) is 5.03 Å². The first kappa shape index (κ1) is 13.0. The number of pyridine rings is 1.